The molecule has 0 aliphatic heterocycles. The molecule has 0 unspecified atom stereocenters. The summed E-state index contributed by atoms with van der Waals surface area (Å²) in [5, 5.41) is 6.97. The van der Waals surface area contributed by atoms with Crippen molar-refractivity contribution in [2.45, 2.75) is 26.3 Å². The second-order valence-corrected chi connectivity index (χ2v) is 5.05. The Labute approximate surface area is 91.5 Å². The van der Waals surface area contributed by atoms with Crippen LogP contribution in [0.4, 0.5) is 6.01 Å². The average molecular weight is 224 g/mol. The maximum absolute atomic E-state index is 5.07. The minimum absolute atomic E-state index is 0.0858. The summed E-state index contributed by atoms with van der Waals surface area (Å²) < 4.78 is 5.07. The van der Waals surface area contributed by atoms with E-state index in [2.05, 4.69) is 20.4 Å². The smallest absolute Gasteiger partial charge is 0.322 e. The molecule has 0 bridgehead atoms. The number of anilines is 1. The van der Waals surface area contributed by atoms with Crippen molar-refractivity contribution in [1.29, 1.82) is 0 Å². The molecule has 0 aliphatic rings. The molecule has 0 amide bonds. The predicted molar refractivity (Wildman–Crippen MR) is 58.8 cm³/mol. The van der Waals surface area contributed by atoms with Crippen LogP contribution >= 0.6 is 11.3 Å². The molecule has 0 fully saturated rings. The highest BCUT2D eigenvalue weighted by atomic mass is 32.1. The van der Waals surface area contributed by atoms with Crippen LogP contribution in [0.1, 0.15) is 20.8 Å². The van der Waals surface area contributed by atoms with Crippen molar-refractivity contribution in [1.82, 2.24) is 15.1 Å². The van der Waals surface area contributed by atoms with Gasteiger partial charge in [0.15, 0.2) is 0 Å². The van der Waals surface area contributed by atoms with Gasteiger partial charge in [-0.3, -0.25) is 4.98 Å². The number of hydrogen-bond donors (Lipinski definition) is 1. The molecule has 5 nitrogen and oxygen atoms in total. The molecule has 0 atom stereocenters. The van der Waals surface area contributed by atoms with Crippen LogP contribution in [0.2, 0.25) is 0 Å². The van der Waals surface area contributed by atoms with E-state index in [1.165, 1.54) is 11.3 Å². The van der Waals surface area contributed by atoms with Crippen LogP contribution in [0.5, 0.6) is 0 Å². The van der Waals surface area contributed by atoms with E-state index in [4.69, 9.17) is 4.52 Å². The lowest BCUT2D eigenvalue weighted by Gasteiger charge is -2.17. The van der Waals surface area contributed by atoms with Crippen LogP contribution in [0.25, 0.3) is 10.7 Å². The topological polar surface area (TPSA) is 63.8 Å². The van der Waals surface area contributed by atoms with E-state index < -0.39 is 0 Å². The highest BCUT2D eigenvalue weighted by molar-refractivity contribution is 7.13. The van der Waals surface area contributed by atoms with E-state index in [0.29, 0.717) is 11.8 Å². The van der Waals surface area contributed by atoms with Gasteiger partial charge in [-0.1, -0.05) is 5.16 Å². The lowest BCUT2D eigenvalue weighted by molar-refractivity contribution is 0.420. The van der Waals surface area contributed by atoms with Crippen LogP contribution in [0, 0.1) is 0 Å². The maximum atomic E-state index is 5.07. The maximum Gasteiger partial charge on any atom is 0.322 e. The number of thiazole rings is 1. The third-order valence-corrected chi connectivity index (χ3v) is 2.33. The van der Waals surface area contributed by atoms with Gasteiger partial charge in [-0.15, -0.1) is 11.3 Å². The molecule has 0 aromatic carbocycles. The van der Waals surface area contributed by atoms with Crippen LogP contribution in [-0.4, -0.2) is 20.7 Å². The van der Waals surface area contributed by atoms with Gasteiger partial charge in [0.25, 0.3) is 0 Å². The quantitative estimate of drug-likeness (QED) is 0.848. The summed E-state index contributed by atoms with van der Waals surface area (Å²) in [5.41, 5.74) is 1.65. The molecule has 6 heteroatoms. The van der Waals surface area contributed by atoms with Gasteiger partial charge in [-0.25, -0.2) is 0 Å². The summed E-state index contributed by atoms with van der Waals surface area (Å²) in [7, 11) is 0. The molecule has 0 radical (unpaired) electrons. The first-order chi connectivity index (χ1) is 7.04. The molecule has 0 saturated heterocycles. The zero-order valence-electron chi connectivity index (χ0n) is 8.81. The Balaban J connectivity index is 2.18. The van der Waals surface area contributed by atoms with Gasteiger partial charge < -0.3 is 9.84 Å². The van der Waals surface area contributed by atoms with Gasteiger partial charge in [-0.05, 0) is 20.8 Å². The Hall–Kier alpha value is -1.43. The van der Waals surface area contributed by atoms with E-state index in [1.807, 2.05) is 20.8 Å². The largest absolute Gasteiger partial charge is 0.333 e. The highest BCUT2D eigenvalue weighted by Gasteiger charge is 2.15. The molecule has 2 aromatic heterocycles. The normalized spacial score (nSPS) is 11.7. The first kappa shape index (κ1) is 10.1. The summed E-state index contributed by atoms with van der Waals surface area (Å²) in [6.45, 7) is 6.09. The number of aromatic nitrogens is 3. The van der Waals surface area contributed by atoms with Crippen molar-refractivity contribution in [2.75, 3.05) is 5.32 Å². The minimum Gasteiger partial charge on any atom is -0.333 e. The molecule has 0 spiro atoms. The Bertz CT molecular complexity index is 429. The second-order valence-electron chi connectivity index (χ2n) is 4.16. The lowest BCUT2D eigenvalue weighted by Crippen LogP contribution is -2.26. The Kier molecular flexibility index (Phi) is 2.44. The van der Waals surface area contributed by atoms with Crippen molar-refractivity contribution in [2.24, 2.45) is 0 Å². The fourth-order valence-corrected chi connectivity index (χ4v) is 1.57. The fraction of sp³-hybridized carbons (Fsp3) is 0.444. The molecule has 80 valence electrons. The summed E-state index contributed by atoms with van der Waals surface area (Å²) >= 11 is 1.48. The minimum atomic E-state index is -0.0858. The van der Waals surface area contributed by atoms with Crippen molar-refractivity contribution < 1.29 is 4.52 Å². The number of hydrogen-bond acceptors (Lipinski definition) is 6. The second kappa shape index (κ2) is 3.62. The van der Waals surface area contributed by atoms with Gasteiger partial charge in [0.1, 0.15) is 0 Å². The summed E-state index contributed by atoms with van der Waals surface area (Å²) in [6.07, 6.45) is 1.72. The average Bonchev–Trinajstić information content (AvgIpc) is 2.68. The lowest BCUT2D eigenvalue weighted by atomic mass is 10.1. The predicted octanol–water partition coefficient (Wildman–Crippen LogP) is 2.40. The van der Waals surface area contributed by atoms with E-state index in [1.54, 1.807) is 11.7 Å². The molecule has 2 heterocycles. The van der Waals surface area contributed by atoms with Crippen LogP contribution in [0.15, 0.2) is 16.2 Å². The summed E-state index contributed by atoms with van der Waals surface area (Å²) in [6, 6.07) is 0.436. The van der Waals surface area contributed by atoms with Gasteiger partial charge in [-0.2, -0.15) is 4.98 Å². The SMILES string of the molecule is CC(C)(C)Nc1nc(-c2cncs2)no1. The summed E-state index contributed by atoms with van der Waals surface area (Å²) in [5.74, 6) is 0.573. The molecule has 0 aliphatic carbocycles. The molecule has 2 rings (SSSR count). The van der Waals surface area contributed by atoms with Crippen molar-refractivity contribution in [3.63, 3.8) is 0 Å². The van der Waals surface area contributed by atoms with E-state index >= 15 is 0 Å². The van der Waals surface area contributed by atoms with E-state index in [9.17, 15) is 0 Å². The van der Waals surface area contributed by atoms with E-state index in [0.717, 1.165) is 4.88 Å². The molecule has 2 aromatic rings. The van der Waals surface area contributed by atoms with Gasteiger partial charge in [0.2, 0.25) is 5.82 Å². The number of rotatable bonds is 2. The molecule has 0 saturated carbocycles. The zero-order chi connectivity index (χ0) is 10.9. The fourth-order valence-electron chi connectivity index (χ4n) is 1.02. The molecular weight excluding hydrogens is 212 g/mol. The van der Waals surface area contributed by atoms with Gasteiger partial charge in [0.05, 0.1) is 10.4 Å². The molecule has 1 N–H and O–H groups in total. The van der Waals surface area contributed by atoms with Crippen molar-refractivity contribution in [3.05, 3.63) is 11.7 Å². The summed E-state index contributed by atoms with van der Waals surface area (Å²) in [4.78, 5) is 9.08. The first-order valence-corrected chi connectivity index (χ1v) is 5.43. The monoisotopic (exact) mass is 224 g/mol. The van der Waals surface area contributed by atoms with Crippen LogP contribution in [-0.2, 0) is 0 Å². The Morgan fingerprint density at radius 2 is 2.20 bits per heavy atom. The number of nitrogens with one attached hydrogen (secondary N) is 1. The molecule has 15 heavy (non-hydrogen) atoms. The first-order valence-electron chi connectivity index (χ1n) is 4.55. The van der Waals surface area contributed by atoms with Crippen LogP contribution in [0.3, 0.4) is 0 Å². The highest BCUT2D eigenvalue weighted by Crippen LogP contribution is 2.22. The van der Waals surface area contributed by atoms with Gasteiger partial charge >= 0.3 is 6.01 Å². The Morgan fingerprint density at radius 1 is 1.40 bits per heavy atom. The molecular formula is C9H12N4OS. The third kappa shape index (κ3) is 2.53. The van der Waals surface area contributed by atoms with Crippen LogP contribution < -0.4 is 5.32 Å². The van der Waals surface area contributed by atoms with Crippen molar-refractivity contribution >= 4 is 17.4 Å². The zero-order valence-corrected chi connectivity index (χ0v) is 9.63. The standard InChI is InChI=1S/C9H12N4OS/c1-9(2,3)12-8-11-7(13-14-8)6-4-10-5-15-6/h4-5H,1-3H3,(H,11,12,13). The Morgan fingerprint density at radius 3 is 2.80 bits per heavy atom. The third-order valence-electron chi connectivity index (χ3n) is 1.56. The van der Waals surface area contributed by atoms with Crippen molar-refractivity contribution in [3.8, 4) is 10.7 Å². The van der Waals surface area contributed by atoms with Gasteiger partial charge in [0, 0.05) is 11.7 Å². The van der Waals surface area contributed by atoms with E-state index in [-0.39, 0.29) is 5.54 Å². The number of nitrogens with zero attached hydrogens (tertiary/aromatic N) is 3.